The predicted molar refractivity (Wildman–Crippen MR) is 59.2 cm³/mol. The molecule has 1 aromatic heterocycles. The Morgan fingerprint density at radius 3 is 3.00 bits per heavy atom. The lowest BCUT2D eigenvalue weighted by molar-refractivity contribution is -0.136. The van der Waals surface area contributed by atoms with Crippen molar-refractivity contribution in [2.75, 3.05) is 5.32 Å². The second-order valence-electron chi connectivity index (χ2n) is 3.39. The van der Waals surface area contributed by atoms with Crippen LogP contribution in [0.15, 0.2) is 34.9 Å². The standard InChI is InChI=1S/C11H10N2O4/c14-9-3-1-2-7(4-9)12-11-13-8(6-17-11)5-10(15)16/h1-4,6,14H,5H2,(H,12,13)(H,15,16). The Kier molecular flexibility index (Phi) is 2.95. The van der Waals surface area contributed by atoms with Crippen LogP contribution in [0.25, 0.3) is 0 Å². The van der Waals surface area contributed by atoms with Crippen molar-refractivity contribution in [3.05, 3.63) is 36.2 Å². The number of phenolic OH excluding ortho intramolecular Hbond substituents is 1. The number of carboxylic acids is 1. The van der Waals surface area contributed by atoms with Crippen molar-refractivity contribution in [1.82, 2.24) is 4.98 Å². The van der Waals surface area contributed by atoms with Crippen molar-refractivity contribution in [2.24, 2.45) is 0 Å². The minimum atomic E-state index is -0.970. The molecule has 3 N–H and O–H groups in total. The Morgan fingerprint density at radius 1 is 1.47 bits per heavy atom. The molecule has 2 aromatic rings. The summed E-state index contributed by atoms with van der Waals surface area (Å²) in [5, 5.41) is 20.6. The molecule has 0 aliphatic carbocycles. The molecular formula is C11H10N2O4. The van der Waals surface area contributed by atoms with Gasteiger partial charge in [0.05, 0.1) is 12.1 Å². The molecule has 0 spiro atoms. The third kappa shape index (κ3) is 2.97. The zero-order valence-corrected chi connectivity index (χ0v) is 8.75. The zero-order chi connectivity index (χ0) is 12.3. The summed E-state index contributed by atoms with van der Waals surface area (Å²) in [6.07, 6.45) is 1.09. The number of carbonyl (C=O) groups is 1. The number of aromatic hydroxyl groups is 1. The van der Waals surface area contributed by atoms with Gasteiger partial charge in [-0.25, -0.2) is 0 Å². The summed E-state index contributed by atoms with van der Waals surface area (Å²) in [4.78, 5) is 14.4. The Bertz CT molecular complexity index is 536. The second-order valence-corrected chi connectivity index (χ2v) is 3.39. The Balaban J connectivity index is 2.08. The number of hydrogen-bond donors (Lipinski definition) is 3. The van der Waals surface area contributed by atoms with Gasteiger partial charge in [0.15, 0.2) is 0 Å². The molecule has 0 atom stereocenters. The van der Waals surface area contributed by atoms with Crippen LogP contribution in [0.5, 0.6) is 5.75 Å². The lowest BCUT2D eigenvalue weighted by Crippen LogP contribution is -2.00. The first-order valence-corrected chi connectivity index (χ1v) is 4.86. The van der Waals surface area contributed by atoms with Crippen molar-refractivity contribution in [3.63, 3.8) is 0 Å². The number of rotatable bonds is 4. The highest BCUT2D eigenvalue weighted by molar-refractivity contribution is 5.69. The largest absolute Gasteiger partial charge is 0.508 e. The van der Waals surface area contributed by atoms with Crippen LogP contribution < -0.4 is 5.32 Å². The molecule has 0 aliphatic heterocycles. The Labute approximate surface area is 96.5 Å². The number of phenols is 1. The van der Waals surface area contributed by atoms with E-state index in [-0.39, 0.29) is 18.2 Å². The lowest BCUT2D eigenvalue weighted by Gasteiger charge is -2.00. The summed E-state index contributed by atoms with van der Waals surface area (Å²) in [5.74, 6) is -0.852. The molecule has 0 fully saturated rings. The van der Waals surface area contributed by atoms with Gasteiger partial charge in [-0.1, -0.05) is 6.07 Å². The van der Waals surface area contributed by atoms with Gasteiger partial charge >= 0.3 is 5.97 Å². The van der Waals surface area contributed by atoms with Crippen LogP contribution in [0, 0.1) is 0 Å². The summed E-state index contributed by atoms with van der Waals surface area (Å²) in [5.41, 5.74) is 0.939. The van der Waals surface area contributed by atoms with E-state index in [0.29, 0.717) is 11.4 Å². The van der Waals surface area contributed by atoms with Crippen LogP contribution in [0.4, 0.5) is 11.7 Å². The average molecular weight is 234 g/mol. The molecule has 6 heteroatoms. The van der Waals surface area contributed by atoms with E-state index < -0.39 is 5.97 Å². The topological polar surface area (TPSA) is 95.6 Å². The zero-order valence-electron chi connectivity index (χ0n) is 8.75. The fourth-order valence-corrected chi connectivity index (χ4v) is 1.31. The fraction of sp³-hybridized carbons (Fsp3) is 0.0909. The Morgan fingerprint density at radius 2 is 2.29 bits per heavy atom. The van der Waals surface area contributed by atoms with Crippen LogP contribution in [0.2, 0.25) is 0 Å². The van der Waals surface area contributed by atoms with Gasteiger partial charge in [0.2, 0.25) is 0 Å². The van der Waals surface area contributed by atoms with Gasteiger partial charge in [0.25, 0.3) is 6.01 Å². The van der Waals surface area contributed by atoms with Crippen LogP contribution in [0.1, 0.15) is 5.69 Å². The van der Waals surface area contributed by atoms with Crippen LogP contribution in [-0.2, 0) is 11.2 Å². The SMILES string of the molecule is O=C(O)Cc1coc(Nc2cccc(O)c2)n1. The van der Waals surface area contributed by atoms with E-state index in [1.165, 1.54) is 18.4 Å². The van der Waals surface area contributed by atoms with Gasteiger partial charge < -0.3 is 19.9 Å². The molecule has 0 aliphatic rings. The second kappa shape index (κ2) is 4.56. The van der Waals surface area contributed by atoms with Crippen molar-refractivity contribution in [2.45, 2.75) is 6.42 Å². The molecule has 0 unspecified atom stereocenters. The number of aliphatic carboxylic acids is 1. The van der Waals surface area contributed by atoms with E-state index >= 15 is 0 Å². The van der Waals surface area contributed by atoms with E-state index in [0.717, 1.165) is 0 Å². The van der Waals surface area contributed by atoms with Crippen molar-refractivity contribution in [3.8, 4) is 5.75 Å². The van der Waals surface area contributed by atoms with Gasteiger partial charge in [-0.15, -0.1) is 0 Å². The quantitative estimate of drug-likeness (QED) is 0.745. The number of nitrogens with zero attached hydrogens (tertiary/aromatic N) is 1. The number of anilines is 2. The number of aromatic nitrogens is 1. The maximum absolute atomic E-state index is 10.4. The van der Waals surface area contributed by atoms with Gasteiger partial charge in [-0.2, -0.15) is 4.98 Å². The first-order chi connectivity index (χ1) is 8.13. The Hall–Kier alpha value is -2.50. The number of nitrogens with one attached hydrogen (secondary N) is 1. The first-order valence-electron chi connectivity index (χ1n) is 4.86. The minimum Gasteiger partial charge on any atom is -0.508 e. The molecule has 0 amide bonds. The number of benzene rings is 1. The van der Waals surface area contributed by atoms with Crippen molar-refractivity contribution < 1.29 is 19.4 Å². The van der Waals surface area contributed by atoms with E-state index in [1.54, 1.807) is 12.1 Å². The molecule has 0 radical (unpaired) electrons. The molecular weight excluding hydrogens is 224 g/mol. The summed E-state index contributed by atoms with van der Waals surface area (Å²) in [6.45, 7) is 0. The van der Waals surface area contributed by atoms with Gasteiger partial charge in [0, 0.05) is 11.8 Å². The van der Waals surface area contributed by atoms with Crippen molar-refractivity contribution >= 4 is 17.7 Å². The lowest BCUT2D eigenvalue weighted by atomic mass is 10.3. The van der Waals surface area contributed by atoms with Crippen LogP contribution in [0.3, 0.4) is 0 Å². The van der Waals surface area contributed by atoms with Crippen LogP contribution >= 0.6 is 0 Å². The van der Waals surface area contributed by atoms with Crippen LogP contribution in [-0.4, -0.2) is 21.2 Å². The summed E-state index contributed by atoms with van der Waals surface area (Å²) < 4.78 is 5.04. The van der Waals surface area contributed by atoms with E-state index in [1.807, 2.05) is 0 Å². The maximum Gasteiger partial charge on any atom is 0.309 e. The third-order valence-corrected chi connectivity index (χ3v) is 1.98. The smallest absolute Gasteiger partial charge is 0.309 e. The first kappa shape index (κ1) is 11.0. The fourth-order valence-electron chi connectivity index (χ4n) is 1.31. The average Bonchev–Trinajstić information content (AvgIpc) is 2.64. The third-order valence-electron chi connectivity index (χ3n) is 1.98. The predicted octanol–water partition coefficient (Wildman–Crippen LogP) is 1.75. The summed E-state index contributed by atoms with van der Waals surface area (Å²) >= 11 is 0. The molecule has 0 saturated carbocycles. The van der Waals surface area contributed by atoms with Gasteiger partial charge in [-0.3, -0.25) is 4.79 Å². The maximum atomic E-state index is 10.4. The molecule has 17 heavy (non-hydrogen) atoms. The minimum absolute atomic E-state index is 0.118. The van der Waals surface area contributed by atoms with Crippen molar-refractivity contribution in [1.29, 1.82) is 0 Å². The number of oxazole rings is 1. The van der Waals surface area contributed by atoms with E-state index in [2.05, 4.69) is 10.3 Å². The molecule has 1 heterocycles. The summed E-state index contributed by atoms with van der Waals surface area (Å²) in [7, 11) is 0. The van der Waals surface area contributed by atoms with Gasteiger partial charge in [-0.05, 0) is 12.1 Å². The molecule has 2 rings (SSSR count). The number of hydrogen-bond acceptors (Lipinski definition) is 5. The molecule has 6 nitrogen and oxygen atoms in total. The normalized spacial score (nSPS) is 10.1. The highest BCUT2D eigenvalue weighted by Gasteiger charge is 2.07. The summed E-state index contributed by atoms with van der Waals surface area (Å²) in [6, 6.07) is 6.61. The van der Waals surface area contributed by atoms with E-state index in [9.17, 15) is 9.90 Å². The van der Waals surface area contributed by atoms with E-state index in [4.69, 9.17) is 9.52 Å². The molecule has 88 valence electrons. The number of carboxylic acid groups (broad SMARTS) is 1. The van der Waals surface area contributed by atoms with Gasteiger partial charge in [0.1, 0.15) is 12.0 Å². The molecule has 0 saturated heterocycles. The highest BCUT2D eigenvalue weighted by atomic mass is 16.4. The molecule has 1 aromatic carbocycles. The monoisotopic (exact) mass is 234 g/mol. The molecule has 0 bridgehead atoms. The highest BCUT2D eigenvalue weighted by Crippen LogP contribution is 2.20.